The summed E-state index contributed by atoms with van der Waals surface area (Å²) in [6, 6.07) is 9.88. The second kappa shape index (κ2) is 5.36. The molecule has 19 heavy (non-hydrogen) atoms. The molecule has 96 valence electrons. The lowest BCUT2D eigenvalue weighted by Gasteiger charge is -2.22. The molecule has 2 aromatic rings. The lowest BCUT2D eigenvalue weighted by Crippen LogP contribution is -2.30. The molecule has 1 unspecified atom stereocenters. The Bertz CT molecular complexity index is 617. The molecule has 0 bridgehead atoms. The van der Waals surface area contributed by atoms with Gasteiger partial charge in [-0.05, 0) is 18.2 Å². The Kier molecular flexibility index (Phi) is 3.62. The molecule has 1 aromatic carbocycles. The van der Waals surface area contributed by atoms with Crippen molar-refractivity contribution in [3.05, 3.63) is 59.8 Å². The van der Waals surface area contributed by atoms with Crippen molar-refractivity contribution < 1.29 is 13.6 Å². The lowest BCUT2D eigenvalue weighted by molar-refractivity contribution is 0.0729. The third-order valence-electron chi connectivity index (χ3n) is 2.76. The number of benzene rings is 1. The molecule has 4 nitrogen and oxygen atoms in total. The summed E-state index contributed by atoms with van der Waals surface area (Å²) < 4.78 is 18.7. The van der Waals surface area contributed by atoms with Crippen molar-refractivity contribution in [1.82, 2.24) is 4.90 Å². The van der Waals surface area contributed by atoms with Crippen LogP contribution in [0.5, 0.6) is 0 Å². The monoisotopic (exact) mass is 258 g/mol. The molecular formula is C14H11FN2O2. The number of carbonyl (C=O) groups is 1. The molecule has 0 N–H and O–H groups in total. The van der Waals surface area contributed by atoms with E-state index in [1.165, 1.54) is 37.6 Å². The molecule has 0 saturated carbocycles. The number of nitrogens with zero attached hydrogens (tertiary/aromatic N) is 2. The van der Waals surface area contributed by atoms with Crippen molar-refractivity contribution in [2.24, 2.45) is 0 Å². The highest BCUT2D eigenvalue weighted by atomic mass is 19.1. The second-order valence-corrected chi connectivity index (χ2v) is 3.95. The van der Waals surface area contributed by atoms with Crippen LogP contribution in [-0.4, -0.2) is 17.9 Å². The topological polar surface area (TPSA) is 57.2 Å². The van der Waals surface area contributed by atoms with E-state index in [2.05, 4.69) is 0 Å². The zero-order valence-electron chi connectivity index (χ0n) is 10.2. The van der Waals surface area contributed by atoms with E-state index >= 15 is 0 Å². The van der Waals surface area contributed by atoms with Crippen molar-refractivity contribution >= 4 is 5.91 Å². The van der Waals surface area contributed by atoms with E-state index in [4.69, 9.17) is 4.42 Å². The Labute approximate surface area is 109 Å². The van der Waals surface area contributed by atoms with Gasteiger partial charge in [-0.2, -0.15) is 5.26 Å². The molecule has 0 aliphatic carbocycles. The summed E-state index contributed by atoms with van der Waals surface area (Å²) in [7, 11) is 1.44. The van der Waals surface area contributed by atoms with E-state index in [1.54, 1.807) is 12.1 Å². The minimum atomic E-state index is -1.00. The third-order valence-corrected chi connectivity index (χ3v) is 2.76. The number of hydrogen-bond acceptors (Lipinski definition) is 3. The predicted molar refractivity (Wildman–Crippen MR) is 65.6 cm³/mol. The first kappa shape index (κ1) is 12.8. The fourth-order valence-electron chi connectivity index (χ4n) is 1.75. The van der Waals surface area contributed by atoms with Crippen LogP contribution in [0.1, 0.15) is 22.2 Å². The molecule has 1 aromatic heterocycles. The fourth-order valence-corrected chi connectivity index (χ4v) is 1.75. The number of nitriles is 1. The molecule has 1 amide bonds. The van der Waals surface area contributed by atoms with E-state index in [0.717, 1.165) is 4.90 Å². The number of hydrogen-bond donors (Lipinski definition) is 0. The van der Waals surface area contributed by atoms with Crippen molar-refractivity contribution in [3.8, 4) is 6.07 Å². The number of amides is 1. The average Bonchev–Trinajstić information content (AvgIpc) is 2.94. The molecule has 0 aliphatic rings. The summed E-state index contributed by atoms with van der Waals surface area (Å²) in [6.45, 7) is 0. The van der Waals surface area contributed by atoms with Crippen LogP contribution in [-0.2, 0) is 0 Å². The van der Waals surface area contributed by atoms with Gasteiger partial charge in [0.05, 0.1) is 12.3 Å². The van der Waals surface area contributed by atoms with Crippen LogP contribution in [0.25, 0.3) is 0 Å². The quantitative estimate of drug-likeness (QED) is 0.850. The minimum absolute atomic E-state index is 0.110. The number of carbonyl (C=O) groups excluding carboxylic acids is 1. The number of rotatable bonds is 3. The molecule has 1 atom stereocenters. The van der Waals surface area contributed by atoms with Gasteiger partial charge >= 0.3 is 0 Å². The smallest absolute Gasteiger partial charge is 0.290 e. The molecular weight excluding hydrogens is 247 g/mol. The summed E-state index contributed by atoms with van der Waals surface area (Å²) in [6.07, 6.45) is 1.37. The summed E-state index contributed by atoms with van der Waals surface area (Å²) in [5.41, 5.74) is 0.160. The van der Waals surface area contributed by atoms with Crippen LogP contribution in [0.2, 0.25) is 0 Å². The van der Waals surface area contributed by atoms with Gasteiger partial charge in [0.1, 0.15) is 11.9 Å². The normalized spacial score (nSPS) is 11.6. The maximum absolute atomic E-state index is 13.7. The van der Waals surface area contributed by atoms with Gasteiger partial charge in [-0.25, -0.2) is 4.39 Å². The van der Waals surface area contributed by atoms with Crippen molar-refractivity contribution in [2.75, 3.05) is 7.05 Å². The average molecular weight is 258 g/mol. The third kappa shape index (κ3) is 2.47. The summed E-state index contributed by atoms with van der Waals surface area (Å²) >= 11 is 0. The highest BCUT2D eigenvalue weighted by molar-refractivity contribution is 5.91. The van der Waals surface area contributed by atoms with Gasteiger partial charge < -0.3 is 9.32 Å². The Morgan fingerprint density at radius 2 is 2.11 bits per heavy atom. The number of furan rings is 1. The first-order chi connectivity index (χ1) is 9.15. The Morgan fingerprint density at radius 3 is 2.68 bits per heavy atom. The van der Waals surface area contributed by atoms with Crippen LogP contribution < -0.4 is 0 Å². The molecule has 5 heteroatoms. The van der Waals surface area contributed by atoms with Crippen LogP contribution in [0, 0.1) is 17.1 Å². The van der Waals surface area contributed by atoms with Crippen LogP contribution >= 0.6 is 0 Å². The first-order valence-electron chi connectivity index (χ1n) is 5.60. The zero-order valence-corrected chi connectivity index (χ0v) is 10.2. The molecule has 0 fully saturated rings. The molecule has 2 rings (SSSR count). The van der Waals surface area contributed by atoms with Gasteiger partial charge in [0, 0.05) is 12.6 Å². The van der Waals surface area contributed by atoms with Gasteiger partial charge in [0.25, 0.3) is 5.91 Å². The zero-order chi connectivity index (χ0) is 13.8. The van der Waals surface area contributed by atoms with Crippen LogP contribution in [0.15, 0.2) is 47.1 Å². The Morgan fingerprint density at radius 1 is 1.37 bits per heavy atom. The Balaban J connectivity index is 2.31. The molecule has 1 heterocycles. The number of halogens is 1. The van der Waals surface area contributed by atoms with E-state index in [0.29, 0.717) is 0 Å². The van der Waals surface area contributed by atoms with E-state index in [1.807, 2.05) is 6.07 Å². The predicted octanol–water partition coefficient (Wildman–Crippen LogP) is 2.76. The van der Waals surface area contributed by atoms with E-state index < -0.39 is 17.8 Å². The lowest BCUT2D eigenvalue weighted by atomic mass is 10.1. The van der Waals surface area contributed by atoms with Crippen molar-refractivity contribution in [2.45, 2.75) is 6.04 Å². The second-order valence-electron chi connectivity index (χ2n) is 3.95. The van der Waals surface area contributed by atoms with Gasteiger partial charge in [0.15, 0.2) is 5.76 Å². The summed E-state index contributed by atoms with van der Waals surface area (Å²) in [4.78, 5) is 13.2. The fraction of sp³-hybridized carbons (Fsp3) is 0.143. The standard InChI is InChI=1S/C14H11FN2O2/c1-17(14(18)13-7-4-8-19-13)12(9-16)10-5-2-3-6-11(10)15/h2-8,12H,1H3. The van der Waals surface area contributed by atoms with Gasteiger partial charge in [0.2, 0.25) is 0 Å². The van der Waals surface area contributed by atoms with Gasteiger partial charge in [-0.1, -0.05) is 18.2 Å². The summed E-state index contributed by atoms with van der Waals surface area (Å²) in [5, 5.41) is 9.18. The molecule has 0 aliphatic heterocycles. The van der Waals surface area contributed by atoms with Crippen molar-refractivity contribution in [3.63, 3.8) is 0 Å². The Hall–Kier alpha value is -2.61. The van der Waals surface area contributed by atoms with Crippen molar-refractivity contribution in [1.29, 1.82) is 5.26 Å². The maximum atomic E-state index is 13.7. The van der Waals surface area contributed by atoms with E-state index in [-0.39, 0.29) is 11.3 Å². The van der Waals surface area contributed by atoms with Crippen LogP contribution in [0.4, 0.5) is 4.39 Å². The molecule has 0 saturated heterocycles. The highest BCUT2D eigenvalue weighted by Crippen LogP contribution is 2.23. The molecule has 0 radical (unpaired) electrons. The molecule has 0 spiro atoms. The van der Waals surface area contributed by atoms with E-state index in [9.17, 15) is 14.4 Å². The largest absolute Gasteiger partial charge is 0.459 e. The van der Waals surface area contributed by atoms with Gasteiger partial charge in [-0.15, -0.1) is 0 Å². The SMILES string of the molecule is CN(C(=O)c1ccco1)C(C#N)c1ccccc1F. The maximum Gasteiger partial charge on any atom is 0.290 e. The van der Waals surface area contributed by atoms with Gasteiger partial charge in [-0.3, -0.25) is 4.79 Å². The highest BCUT2D eigenvalue weighted by Gasteiger charge is 2.26. The summed E-state index contributed by atoms with van der Waals surface area (Å²) in [5.74, 6) is -0.882. The first-order valence-corrected chi connectivity index (χ1v) is 5.60. The minimum Gasteiger partial charge on any atom is -0.459 e. The van der Waals surface area contributed by atoms with Crippen LogP contribution in [0.3, 0.4) is 0 Å².